The maximum absolute atomic E-state index is 13.5. The molecule has 8 nitrogen and oxygen atoms in total. The first kappa shape index (κ1) is 14.1. The Bertz CT molecular complexity index is 729. The zero-order valence-corrected chi connectivity index (χ0v) is 10.8. The summed E-state index contributed by atoms with van der Waals surface area (Å²) in [5.41, 5.74) is -0.276. The van der Waals surface area contributed by atoms with Crippen LogP contribution >= 0.6 is 0 Å². The van der Waals surface area contributed by atoms with Crippen LogP contribution in [0.15, 0.2) is 35.7 Å². The van der Waals surface area contributed by atoms with Crippen LogP contribution in [0.25, 0.3) is 0 Å². The molecule has 0 spiro atoms. The van der Waals surface area contributed by atoms with Crippen molar-refractivity contribution in [2.45, 2.75) is 11.4 Å². The molecule has 3 N–H and O–H groups in total. The SMILES string of the molecule is NS(=O)(=O)c1ccc(F)c(NC(=O)Cn2cncn2)c1. The van der Waals surface area contributed by atoms with Crippen molar-refractivity contribution in [3.63, 3.8) is 0 Å². The highest BCUT2D eigenvalue weighted by atomic mass is 32.2. The molecule has 0 aliphatic carbocycles. The van der Waals surface area contributed by atoms with Gasteiger partial charge in [-0.3, -0.25) is 4.79 Å². The van der Waals surface area contributed by atoms with Gasteiger partial charge in [0.05, 0.1) is 10.6 Å². The largest absolute Gasteiger partial charge is 0.322 e. The van der Waals surface area contributed by atoms with Gasteiger partial charge in [-0.2, -0.15) is 5.10 Å². The van der Waals surface area contributed by atoms with E-state index in [0.717, 1.165) is 18.2 Å². The summed E-state index contributed by atoms with van der Waals surface area (Å²) in [6.07, 6.45) is 2.56. The highest BCUT2D eigenvalue weighted by Gasteiger charge is 2.13. The first-order valence-electron chi connectivity index (χ1n) is 5.31. The first-order chi connectivity index (χ1) is 9.36. The summed E-state index contributed by atoms with van der Waals surface area (Å²) in [6.45, 7) is -0.182. The predicted octanol–water partition coefficient (Wildman–Crippen LogP) is -0.297. The molecule has 1 aromatic heterocycles. The van der Waals surface area contributed by atoms with Crippen LogP contribution in [-0.4, -0.2) is 29.1 Å². The number of hydrogen-bond donors (Lipinski definition) is 2. The number of halogens is 1. The zero-order valence-electron chi connectivity index (χ0n) is 10.0. The Labute approximate surface area is 113 Å². The van der Waals surface area contributed by atoms with E-state index < -0.39 is 21.7 Å². The summed E-state index contributed by atoms with van der Waals surface area (Å²) in [4.78, 5) is 15.0. The predicted molar refractivity (Wildman–Crippen MR) is 66.4 cm³/mol. The van der Waals surface area contributed by atoms with Crippen LogP contribution in [-0.2, 0) is 21.4 Å². The second-order valence-corrected chi connectivity index (χ2v) is 5.39. The van der Waals surface area contributed by atoms with Crippen molar-refractivity contribution in [1.29, 1.82) is 0 Å². The van der Waals surface area contributed by atoms with Crippen LogP contribution in [0.2, 0.25) is 0 Å². The van der Waals surface area contributed by atoms with E-state index in [0.29, 0.717) is 0 Å². The molecule has 2 aromatic rings. The number of anilines is 1. The highest BCUT2D eigenvalue weighted by Crippen LogP contribution is 2.18. The number of aromatic nitrogens is 3. The summed E-state index contributed by atoms with van der Waals surface area (Å²) in [5, 5.41) is 10.9. The van der Waals surface area contributed by atoms with E-state index >= 15 is 0 Å². The van der Waals surface area contributed by atoms with Crippen LogP contribution in [0.3, 0.4) is 0 Å². The minimum absolute atomic E-state index is 0.182. The molecule has 20 heavy (non-hydrogen) atoms. The third-order valence-electron chi connectivity index (χ3n) is 2.31. The molecule has 10 heteroatoms. The Balaban J connectivity index is 2.18. The van der Waals surface area contributed by atoms with Crippen molar-refractivity contribution in [3.8, 4) is 0 Å². The van der Waals surface area contributed by atoms with Gasteiger partial charge in [-0.05, 0) is 18.2 Å². The van der Waals surface area contributed by atoms with E-state index in [2.05, 4.69) is 15.4 Å². The van der Waals surface area contributed by atoms with Gasteiger partial charge in [0.15, 0.2) is 0 Å². The molecule has 0 aliphatic rings. The molecule has 0 atom stereocenters. The quantitative estimate of drug-likeness (QED) is 0.803. The molecule has 106 valence electrons. The third-order valence-corrected chi connectivity index (χ3v) is 3.22. The topological polar surface area (TPSA) is 120 Å². The molecule has 1 aromatic carbocycles. The summed E-state index contributed by atoms with van der Waals surface area (Å²) in [5.74, 6) is -1.36. The number of sulfonamides is 1. The second-order valence-electron chi connectivity index (χ2n) is 3.83. The summed E-state index contributed by atoms with van der Waals surface area (Å²) >= 11 is 0. The normalized spacial score (nSPS) is 11.3. The standard InChI is InChI=1S/C10H10FN5O3S/c11-8-2-1-7(20(12,18)19)3-9(8)15-10(17)4-16-6-13-5-14-16/h1-3,5-6H,4H2,(H,15,17)(H2,12,18,19). The molecule has 0 saturated carbocycles. The van der Waals surface area contributed by atoms with E-state index in [4.69, 9.17) is 5.14 Å². The lowest BCUT2D eigenvalue weighted by atomic mass is 10.3. The van der Waals surface area contributed by atoms with Crippen molar-refractivity contribution in [1.82, 2.24) is 14.8 Å². The van der Waals surface area contributed by atoms with Crippen molar-refractivity contribution in [2.75, 3.05) is 5.32 Å². The number of benzene rings is 1. The van der Waals surface area contributed by atoms with Crippen LogP contribution in [0, 0.1) is 5.82 Å². The van der Waals surface area contributed by atoms with E-state index in [-0.39, 0.29) is 17.1 Å². The number of nitrogens with zero attached hydrogens (tertiary/aromatic N) is 3. The van der Waals surface area contributed by atoms with Crippen molar-refractivity contribution in [2.24, 2.45) is 5.14 Å². The van der Waals surface area contributed by atoms with E-state index in [1.54, 1.807) is 0 Å². The number of rotatable bonds is 4. The summed E-state index contributed by atoms with van der Waals surface area (Å²) < 4.78 is 37.1. The fourth-order valence-electron chi connectivity index (χ4n) is 1.43. The molecule has 0 fully saturated rings. The van der Waals surface area contributed by atoms with Gasteiger partial charge in [-0.1, -0.05) is 0 Å². The smallest absolute Gasteiger partial charge is 0.246 e. The lowest BCUT2D eigenvalue weighted by Gasteiger charge is -2.08. The van der Waals surface area contributed by atoms with Gasteiger partial charge in [0.2, 0.25) is 15.9 Å². The van der Waals surface area contributed by atoms with Gasteiger partial charge in [0.1, 0.15) is 25.0 Å². The number of carbonyl (C=O) groups excluding carboxylic acids is 1. The number of hydrogen-bond acceptors (Lipinski definition) is 5. The van der Waals surface area contributed by atoms with Crippen molar-refractivity contribution >= 4 is 21.6 Å². The highest BCUT2D eigenvalue weighted by molar-refractivity contribution is 7.89. The van der Waals surface area contributed by atoms with Gasteiger partial charge in [-0.25, -0.2) is 27.6 Å². The lowest BCUT2D eigenvalue weighted by molar-refractivity contribution is -0.116. The van der Waals surface area contributed by atoms with Crippen LogP contribution in [0.4, 0.5) is 10.1 Å². The average Bonchev–Trinajstić information content (AvgIpc) is 2.83. The van der Waals surface area contributed by atoms with Crippen LogP contribution < -0.4 is 10.5 Å². The maximum atomic E-state index is 13.5. The first-order valence-corrected chi connectivity index (χ1v) is 6.85. The van der Waals surface area contributed by atoms with Crippen LogP contribution in [0.5, 0.6) is 0 Å². The lowest BCUT2D eigenvalue weighted by Crippen LogP contribution is -2.20. The number of primary sulfonamides is 1. The van der Waals surface area contributed by atoms with Crippen molar-refractivity contribution < 1.29 is 17.6 Å². The third kappa shape index (κ3) is 3.36. The summed E-state index contributed by atoms with van der Waals surface area (Å²) in [6, 6.07) is 2.87. The Morgan fingerprint density at radius 2 is 2.20 bits per heavy atom. The fourth-order valence-corrected chi connectivity index (χ4v) is 1.97. The fraction of sp³-hybridized carbons (Fsp3) is 0.100. The van der Waals surface area contributed by atoms with Gasteiger partial charge in [0, 0.05) is 0 Å². The molecule has 0 bridgehead atoms. The van der Waals surface area contributed by atoms with E-state index in [9.17, 15) is 17.6 Å². The van der Waals surface area contributed by atoms with E-state index in [1.807, 2.05) is 0 Å². The molecule has 2 rings (SSSR count). The molecule has 0 unspecified atom stereocenters. The van der Waals surface area contributed by atoms with Crippen molar-refractivity contribution in [3.05, 3.63) is 36.7 Å². The Morgan fingerprint density at radius 3 is 2.80 bits per heavy atom. The minimum Gasteiger partial charge on any atom is -0.322 e. The van der Waals surface area contributed by atoms with Gasteiger partial charge in [0.25, 0.3) is 0 Å². The second kappa shape index (κ2) is 5.35. The van der Waals surface area contributed by atoms with Gasteiger partial charge < -0.3 is 5.32 Å². The minimum atomic E-state index is -3.97. The maximum Gasteiger partial charge on any atom is 0.246 e. The molecule has 0 saturated heterocycles. The van der Waals surface area contributed by atoms with Crippen LogP contribution in [0.1, 0.15) is 0 Å². The van der Waals surface area contributed by atoms with Gasteiger partial charge in [-0.15, -0.1) is 0 Å². The molecule has 0 radical (unpaired) electrons. The number of nitrogens with two attached hydrogens (primary N) is 1. The molecule has 1 amide bonds. The number of amides is 1. The molecular weight excluding hydrogens is 289 g/mol. The van der Waals surface area contributed by atoms with Gasteiger partial charge >= 0.3 is 0 Å². The number of nitrogens with one attached hydrogen (secondary N) is 1. The number of carbonyl (C=O) groups is 1. The Hall–Kier alpha value is -2.33. The monoisotopic (exact) mass is 299 g/mol. The molecular formula is C10H10FN5O3S. The average molecular weight is 299 g/mol. The molecule has 0 aliphatic heterocycles. The Kier molecular flexibility index (Phi) is 3.77. The zero-order chi connectivity index (χ0) is 14.8. The summed E-state index contributed by atoms with van der Waals surface area (Å²) in [7, 11) is -3.97. The molecule has 1 heterocycles. The van der Waals surface area contributed by atoms with E-state index in [1.165, 1.54) is 17.3 Å². The Morgan fingerprint density at radius 1 is 1.45 bits per heavy atom.